The summed E-state index contributed by atoms with van der Waals surface area (Å²) >= 11 is 0. The predicted octanol–water partition coefficient (Wildman–Crippen LogP) is 3.77. The van der Waals surface area contributed by atoms with E-state index >= 15 is 0 Å². The maximum absolute atomic E-state index is 3.64. The van der Waals surface area contributed by atoms with Crippen molar-refractivity contribution in [3.8, 4) is 11.1 Å². The molecule has 1 aliphatic heterocycles. The normalized spacial score (nSPS) is 18.7. The van der Waals surface area contributed by atoms with Gasteiger partial charge in [-0.1, -0.05) is 48.5 Å². The van der Waals surface area contributed by atoms with Gasteiger partial charge in [0.05, 0.1) is 0 Å². The van der Waals surface area contributed by atoms with E-state index in [0.29, 0.717) is 0 Å². The largest absolute Gasteiger partial charge is 0.384 e. The Bertz CT molecular complexity index is 530. The summed E-state index contributed by atoms with van der Waals surface area (Å²) in [5.74, 6) is 0.743. The molecule has 0 bridgehead atoms. The first kappa shape index (κ1) is 13.2. The van der Waals surface area contributed by atoms with Crippen LogP contribution in [0.1, 0.15) is 12.8 Å². The van der Waals surface area contributed by atoms with Gasteiger partial charge in [0.1, 0.15) is 0 Å². The van der Waals surface area contributed by atoms with Crippen molar-refractivity contribution >= 4 is 5.69 Å². The molecule has 2 heteroatoms. The molecule has 0 aromatic heterocycles. The van der Waals surface area contributed by atoms with Crippen molar-refractivity contribution in [3.63, 3.8) is 0 Å². The molecule has 2 aromatic rings. The zero-order valence-electron chi connectivity index (χ0n) is 11.8. The quantitative estimate of drug-likeness (QED) is 0.880. The van der Waals surface area contributed by atoms with Crippen molar-refractivity contribution in [1.82, 2.24) is 5.32 Å². The van der Waals surface area contributed by atoms with Crippen molar-refractivity contribution < 1.29 is 0 Å². The molecule has 1 unspecified atom stereocenters. The van der Waals surface area contributed by atoms with Crippen LogP contribution >= 0.6 is 0 Å². The van der Waals surface area contributed by atoms with E-state index < -0.39 is 0 Å². The van der Waals surface area contributed by atoms with E-state index in [2.05, 4.69) is 65.2 Å². The van der Waals surface area contributed by atoms with Crippen molar-refractivity contribution in [2.24, 2.45) is 5.92 Å². The van der Waals surface area contributed by atoms with Gasteiger partial charge in [0.2, 0.25) is 0 Å². The van der Waals surface area contributed by atoms with Gasteiger partial charge in [-0.2, -0.15) is 0 Å². The van der Waals surface area contributed by atoms with E-state index in [1.54, 1.807) is 0 Å². The maximum Gasteiger partial charge on any atom is 0.0419 e. The highest BCUT2D eigenvalue weighted by Gasteiger charge is 2.13. The lowest BCUT2D eigenvalue weighted by atomic mass is 9.99. The molecule has 2 N–H and O–H groups in total. The average Bonchev–Trinajstić information content (AvgIpc) is 2.55. The Labute approximate surface area is 121 Å². The van der Waals surface area contributed by atoms with Crippen LogP contribution in [-0.2, 0) is 0 Å². The minimum Gasteiger partial charge on any atom is -0.384 e. The van der Waals surface area contributed by atoms with Crippen LogP contribution < -0.4 is 10.6 Å². The third-order valence-electron chi connectivity index (χ3n) is 3.99. The number of hydrogen-bond acceptors (Lipinski definition) is 2. The second-order valence-electron chi connectivity index (χ2n) is 5.50. The molecule has 1 heterocycles. The molecule has 0 spiro atoms. The fourth-order valence-electron chi connectivity index (χ4n) is 2.86. The van der Waals surface area contributed by atoms with Gasteiger partial charge < -0.3 is 10.6 Å². The zero-order chi connectivity index (χ0) is 13.6. The summed E-state index contributed by atoms with van der Waals surface area (Å²) in [5.41, 5.74) is 3.80. The Kier molecular flexibility index (Phi) is 4.34. The van der Waals surface area contributed by atoms with Crippen molar-refractivity contribution in [3.05, 3.63) is 54.6 Å². The molecule has 0 saturated carbocycles. The van der Waals surface area contributed by atoms with Crippen molar-refractivity contribution in [2.45, 2.75) is 12.8 Å². The Morgan fingerprint density at radius 3 is 2.60 bits per heavy atom. The average molecular weight is 266 g/mol. The number of piperidine rings is 1. The lowest BCUT2D eigenvalue weighted by Crippen LogP contribution is -2.33. The third kappa shape index (κ3) is 3.20. The first-order valence-corrected chi connectivity index (χ1v) is 7.52. The summed E-state index contributed by atoms with van der Waals surface area (Å²) in [4.78, 5) is 0. The summed E-state index contributed by atoms with van der Waals surface area (Å²) in [6.07, 6.45) is 2.63. The Balaban J connectivity index is 1.73. The maximum atomic E-state index is 3.64. The minimum absolute atomic E-state index is 0.743. The van der Waals surface area contributed by atoms with Crippen LogP contribution in [0.2, 0.25) is 0 Å². The summed E-state index contributed by atoms with van der Waals surface area (Å²) in [7, 11) is 0. The van der Waals surface area contributed by atoms with Gasteiger partial charge in [0, 0.05) is 17.8 Å². The molecule has 20 heavy (non-hydrogen) atoms. The molecular weight excluding hydrogens is 244 g/mol. The van der Waals surface area contributed by atoms with Crippen LogP contribution in [0.3, 0.4) is 0 Å². The van der Waals surface area contributed by atoms with Gasteiger partial charge in [-0.05, 0) is 43.5 Å². The molecular formula is C18H22N2. The second-order valence-corrected chi connectivity index (χ2v) is 5.50. The van der Waals surface area contributed by atoms with E-state index in [1.165, 1.54) is 36.2 Å². The van der Waals surface area contributed by atoms with Gasteiger partial charge >= 0.3 is 0 Å². The Morgan fingerprint density at radius 1 is 1.00 bits per heavy atom. The van der Waals surface area contributed by atoms with Gasteiger partial charge in [-0.3, -0.25) is 0 Å². The molecule has 0 aliphatic carbocycles. The molecule has 104 valence electrons. The topological polar surface area (TPSA) is 24.1 Å². The van der Waals surface area contributed by atoms with E-state index in [-0.39, 0.29) is 0 Å². The van der Waals surface area contributed by atoms with E-state index in [4.69, 9.17) is 0 Å². The van der Waals surface area contributed by atoms with Crippen LogP contribution in [0.5, 0.6) is 0 Å². The standard InChI is InChI=1S/C18H22N2/c1-2-8-16(9-3-1)17-10-4-5-11-18(17)20-14-15-7-6-12-19-13-15/h1-5,8-11,15,19-20H,6-7,12-14H2. The van der Waals surface area contributed by atoms with Crippen LogP contribution in [0, 0.1) is 5.92 Å². The highest BCUT2D eigenvalue weighted by atomic mass is 14.9. The zero-order valence-corrected chi connectivity index (χ0v) is 11.8. The fourth-order valence-corrected chi connectivity index (χ4v) is 2.86. The van der Waals surface area contributed by atoms with Gasteiger partial charge in [0.25, 0.3) is 0 Å². The Hall–Kier alpha value is -1.80. The van der Waals surface area contributed by atoms with Crippen molar-refractivity contribution in [1.29, 1.82) is 0 Å². The monoisotopic (exact) mass is 266 g/mol. The summed E-state index contributed by atoms with van der Waals surface area (Å²) in [6.45, 7) is 3.37. The highest BCUT2D eigenvalue weighted by molar-refractivity contribution is 5.77. The third-order valence-corrected chi connectivity index (χ3v) is 3.99. The number of benzene rings is 2. The molecule has 0 radical (unpaired) electrons. The molecule has 0 amide bonds. The van der Waals surface area contributed by atoms with Crippen LogP contribution in [0.4, 0.5) is 5.69 Å². The summed E-state index contributed by atoms with van der Waals surface area (Å²) in [5, 5.41) is 7.12. The molecule has 3 rings (SSSR count). The minimum atomic E-state index is 0.743. The first-order chi connectivity index (χ1) is 9.93. The second kappa shape index (κ2) is 6.58. The molecule has 1 aliphatic rings. The molecule has 2 aromatic carbocycles. The lowest BCUT2D eigenvalue weighted by molar-refractivity contribution is 0.393. The summed E-state index contributed by atoms with van der Waals surface area (Å²) < 4.78 is 0. The molecule has 1 fully saturated rings. The Morgan fingerprint density at radius 2 is 1.80 bits per heavy atom. The van der Waals surface area contributed by atoms with E-state index in [9.17, 15) is 0 Å². The predicted molar refractivity (Wildman–Crippen MR) is 86.0 cm³/mol. The van der Waals surface area contributed by atoms with E-state index in [0.717, 1.165) is 19.0 Å². The molecule has 2 nitrogen and oxygen atoms in total. The van der Waals surface area contributed by atoms with Crippen molar-refractivity contribution in [2.75, 3.05) is 25.0 Å². The van der Waals surface area contributed by atoms with Crippen LogP contribution in [-0.4, -0.2) is 19.6 Å². The highest BCUT2D eigenvalue weighted by Crippen LogP contribution is 2.27. The fraction of sp³-hybridized carbons (Fsp3) is 0.333. The number of hydrogen-bond donors (Lipinski definition) is 2. The molecule has 1 saturated heterocycles. The van der Waals surface area contributed by atoms with E-state index in [1.807, 2.05) is 0 Å². The van der Waals surface area contributed by atoms with Crippen LogP contribution in [0.25, 0.3) is 11.1 Å². The number of rotatable bonds is 4. The van der Waals surface area contributed by atoms with Crippen LogP contribution in [0.15, 0.2) is 54.6 Å². The SMILES string of the molecule is c1ccc(-c2ccccc2NCC2CCCNC2)cc1. The van der Waals surface area contributed by atoms with Gasteiger partial charge in [-0.25, -0.2) is 0 Å². The van der Waals surface area contributed by atoms with Gasteiger partial charge in [-0.15, -0.1) is 0 Å². The number of para-hydroxylation sites is 1. The summed E-state index contributed by atoms with van der Waals surface area (Å²) in [6, 6.07) is 19.2. The number of anilines is 1. The van der Waals surface area contributed by atoms with Gasteiger partial charge in [0.15, 0.2) is 0 Å². The smallest absolute Gasteiger partial charge is 0.0419 e. The first-order valence-electron chi connectivity index (χ1n) is 7.52. The lowest BCUT2D eigenvalue weighted by Gasteiger charge is -2.24. The molecule has 1 atom stereocenters. The number of nitrogens with one attached hydrogen (secondary N) is 2.